The monoisotopic (exact) mass is 259 g/mol. The number of aromatic amines is 1. The molecule has 2 aliphatic carbocycles. The molecule has 2 aliphatic rings. The van der Waals surface area contributed by atoms with Gasteiger partial charge in [0.2, 0.25) is 0 Å². The lowest BCUT2D eigenvalue weighted by Crippen LogP contribution is -1.91. The lowest BCUT2D eigenvalue weighted by molar-refractivity contribution is 0.480. The maximum absolute atomic E-state index is 6.05. The van der Waals surface area contributed by atoms with Crippen molar-refractivity contribution in [3.8, 4) is 10.4 Å². The van der Waals surface area contributed by atoms with Crippen LogP contribution in [0.1, 0.15) is 37.3 Å². The largest absolute Gasteiger partial charge is 0.382 e. The van der Waals surface area contributed by atoms with Gasteiger partial charge in [-0.1, -0.05) is 18.9 Å². The van der Waals surface area contributed by atoms with Crippen LogP contribution < -0.4 is 5.73 Å². The van der Waals surface area contributed by atoms with Crippen LogP contribution in [0.4, 0.5) is 5.82 Å². The standard InChI is InChI=1S/C14H17N3S/c15-14-12(10-6-3-7-18-10)13(16-17-14)11-8-4-1-2-5-9(8)11/h3,6-9,11H,1-2,4-5H2,(H3,15,16,17). The van der Waals surface area contributed by atoms with Crippen LogP contribution in [0, 0.1) is 11.8 Å². The fourth-order valence-electron chi connectivity index (χ4n) is 3.71. The summed E-state index contributed by atoms with van der Waals surface area (Å²) in [5.41, 5.74) is 8.52. The molecule has 2 aromatic rings. The number of fused-ring (bicyclic) bond motifs is 1. The van der Waals surface area contributed by atoms with E-state index in [1.165, 1.54) is 41.8 Å². The van der Waals surface area contributed by atoms with Crippen LogP contribution in [0.3, 0.4) is 0 Å². The Balaban J connectivity index is 1.74. The first-order valence-corrected chi connectivity index (χ1v) is 7.62. The summed E-state index contributed by atoms with van der Waals surface area (Å²) in [5, 5.41) is 9.57. The van der Waals surface area contributed by atoms with Gasteiger partial charge >= 0.3 is 0 Å². The van der Waals surface area contributed by atoms with Crippen LogP contribution in [-0.2, 0) is 0 Å². The average molecular weight is 259 g/mol. The molecule has 4 heteroatoms. The van der Waals surface area contributed by atoms with Crippen LogP contribution in [-0.4, -0.2) is 10.2 Å². The highest BCUT2D eigenvalue weighted by molar-refractivity contribution is 7.13. The third-order valence-electron chi connectivity index (χ3n) is 4.58. The second kappa shape index (κ2) is 3.85. The van der Waals surface area contributed by atoms with Gasteiger partial charge in [0.15, 0.2) is 5.82 Å². The number of hydrogen-bond acceptors (Lipinski definition) is 3. The van der Waals surface area contributed by atoms with E-state index in [0.29, 0.717) is 11.7 Å². The number of nitrogen functional groups attached to an aromatic ring is 1. The fraction of sp³-hybridized carbons (Fsp3) is 0.500. The summed E-state index contributed by atoms with van der Waals surface area (Å²) in [7, 11) is 0. The summed E-state index contributed by atoms with van der Waals surface area (Å²) >= 11 is 1.75. The van der Waals surface area contributed by atoms with Gasteiger partial charge in [-0.2, -0.15) is 5.10 Å². The molecule has 3 N–H and O–H groups in total. The van der Waals surface area contributed by atoms with E-state index < -0.39 is 0 Å². The van der Waals surface area contributed by atoms with Gasteiger partial charge in [-0.05, 0) is 36.1 Å². The van der Waals surface area contributed by atoms with Crippen molar-refractivity contribution in [2.24, 2.45) is 11.8 Å². The van der Waals surface area contributed by atoms with Gasteiger partial charge in [-0.15, -0.1) is 11.3 Å². The third kappa shape index (κ3) is 1.45. The smallest absolute Gasteiger partial charge is 0.154 e. The summed E-state index contributed by atoms with van der Waals surface area (Å²) in [6, 6.07) is 4.22. The van der Waals surface area contributed by atoms with Crippen molar-refractivity contribution in [3.05, 3.63) is 23.2 Å². The van der Waals surface area contributed by atoms with E-state index in [1.54, 1.807) is 11.3 Å². The first kappa shape index (κ1) is 10.6. The molecule has 0 aromatic carbocycles. The zero-order valence-corrected chi connectivity index (χ0v) is 11.0. The van der Waals surface area contributed by atoms with E-state index in [2.05, 4.69) is 27.7 Å². The van der Waals surface area contributed by atoms with Crippen molar-refractivity contribution in [3.63, 3.8) is 0 Å². The summed E-state index contributed by atoms with van der Waals surface area (Å²) in [4.78, 5) is 1.25. The normalized spacial score (nSPS) is 30.1. The maximum Gasteiger partial charge on any atom is 0.154 e. The number of nitrogens with two attached hydrogens (primary N) is 1. The molecule has 18 heavy (non-hydrogen) atoms. The lowest BCUT2D eigenvalue weighted by atomic mass is 10.0. The topological polar surface area (TPSA) is 54.7 Å². The minimum atomic E-state index is 0.663. The van der Waals surface area contributed by atoms with Gasteiger partial charge in [0.1, 0.15) is 0 Å². The summed E-state index contributed by atoms with van der Waals surface area (Å²) in [5.74, 6) is 3.13. The fourth-order valence-corrected chi connectivity index (χ4v) is 4.50. The minimum absolute atomic E-state index is 0.663. The first-order chi connectivity index (χ1) is 8.86. The molecule has 2 atom stereocenters. The SMILES string of the molecule is Nc1n[nH]c(C2C3CCCCC32)c1-c1cccs1. The van der Waals surface area contributed by atoms with Crippen LogP contribution in [0.2, 0.25) is 0 Å². The van der Waals surface area contributed by atoms with Crippen molar-refractivity contribution >= 4 is 17.2 Å². The number of nitrogens with one attached hydrogen (secondary N) is 1. The zero-order valence-electron chi connectivity index (χ0n) is 10.2. The predicted octanol–water partition coefficient (Wildman–Crippen LogP) is 3.62. The lowest BCUT2D eigenvalue weighted by Gasteiger charge is -2.04. The van der Waals surface area contributed by atoms with Crippen LogP contribution in [0.25, 0.3) is 10.4 Å². The van der Waals surface area contributed by atoms with Crippen LogP contribution in [0.15, 0.2) is 17.5 Å². The summed E-state index contributed by atoms with van der Waals surface area (Å²) in [6.45, 7) is 0. The van der Waals surface area contributed by atoms with Crippen molar-refractivity contribution in [2.45, 2.75) is 31.6 Å². The minimum Gasteiger partial charge on any atom is -0.382 e. The molecule has 0 saturated heterocycles. The maximum atomic E-state index is 6.05. The van der Waals surface area contributed by atoms with Gasteiger partial charge < -0.3 is 5.73 Å². The quantitative estimate of drug-likeness (QED) is 0.865. The van der Waals surface area contributed by atoms with E-state index in [9.17, 15) is 0 Å². The van der Waals surface area contributed by atoms with E-state index in [4.69, 9.17) is 5.73 Å². The number of anilines is 1. The number of nitrogens with zero attached hydrogens (tertiary/aromatic N) is 1. The number of hydrogen-bond donors (Lipinski definition) is 2. The zero-order chi connectivity index (χ0) is 12.1. The number of rotatable bonds is 2. The van der Waals surface area contributed by atoms with Crippen molar-refractivity contribution in [1.29, 1.82) is 0 Å². The Morgan fingerprint density at radius 2 is 2.06 bits per heavy atom. The molecular weight excluding hydrogens is 242 g/mol. The van der Waals surface area contributed by atoms with E-state index >= 15 is 0 Å². The highest BCUT2D eigenvalue weighted by Gasteiger charge is 2.53. The molecule has 4 rings (SSSR count). The van der Waals surface area contributed by atoms with E-state index in [-0.39, 0.29) is 0 Å². The molecule has 94 valence electrons. The number of aromatic nitrogens is 2. The third-order valence-corrected chi connectivity index (χ3v) is 5.47. The molecule has 2 fully saturated rings. The van der Waals surface area contributed by atoms with E-state index in [1.807, 2.05) is 0 Å². The van der Waals surface area contributed by atoms with Gasteiger partial charge in [-0.3, -0.25) is 5.10 Å². The molecule has 2 saturated carbocycles. The highest BCUT2D eigenvalue weighted by Crippen LogP contribution is 2.62. The van der Waals surface area contributed by atoms with Crippen LogP contribution >= 0.6 is 11.3 Å². The summed E-state index contributed by atoms with van der Waals surface area (Å²) < 4.78 is 0. The molecule has 0 amide bonds. The van der Waals surface area contributed by atoms with Crippen molar-refractivity contribution < 1.29 is 0 Å². The Kier molecular flexibility index (Phi) is 2.27. The molecular formula is C14H17N3S. The van der Waals surface area contributed by atoms with Gasteiger partial charge in [0, 0.05) is 16.5 Å². The molecule has 0 spiro atoms. The molecule has 0 bridgehead atoms. The Hall–Kier alpha value is -1.29. The molecule has 3 nitrogen and oxygen atoms in total. The summed E-state index contributed by atoms with van der Waals surface area (Å²) in [6.07, 6.45) is 5.57. The molecule has 2 unspecified atom stereocenters. The van der Waals surface area contributed by atoms with Gasteiger partial charge in [0.25, 0.3) is 0 Å². The first-order valence-electron chi connectivity index (χ1n) is 6.74. The number of H-pyrrole nitrogens is 1. The van der Waals surface area contributed by atoms with E-state index in [0.717, 1.165) is 11.8 Å². The second-order valence-electron chi connectivity index (χ2n) is 5.51. The molecule has 2 heterocycles. The van der Waals surface area contributed by atoms with Gasteiger partial charge in [0.05, 0.1) is 5.56 Å². The van der Waals surface area contributed by atoms with Crippen molar-refractivity contribution in [1.82, 2.24) is 10.2 Å². The Labute approximate surface area is 110 Å². The Morgan fingerprint density at radius 3 is 2.72 bits per heavy atom. The molecule has 0 radical (unpaired) electrons. The number of thiophene rings is 1. The second-order valence-corrected chi connectivity index (χ2v) is 6.46. The Bertz CT molecular complexity index is 546. The molecule has 2 aromatic heterocycles. The van der Waals surface area contributed by atoms with Crippen molar-refractivity contribution in [2.75, 3.05) is 5.73 Å². The molecule has 0 aliphatic heterocycles. The van der Waals surface area contributed by atoms with Crippen LogP contribution in [0.5, 0.6) is 0 Å². The Morgan fingerprint density at radius 1 is 1.28 bits per heavy atom. The predicted molar refractivity (Wildman–Crippen MR) is 74.5 cm³/mol. The highest BCUT2D eigenvalue weighted by atomic mass is 32.1. The van der Waals surface area contributed by atoms with Gasteiger partial charge in [-0.25, -0.2) is 0 Å². The average Bonchev–Trinajstić information content (AvgIpc) is 2.75.